The van der Waals surface area contributed by atoms with E-state index in [1.807, 2.05) is 0 Å². The number of carbonyl (C=O) groups is 6. The normalized spacial score (nSPS) is 28.8. The van der Waals surface area contributed by atoms with E-state index < -0.39 is 146 Å². The quantitative estimate of drug-likeness (QED) is 0.159. The Hall–Kier alpha value is -3.38. The summed E-state index contributed by atoms with van der Waals surface area (Å²) in [5, 5.41) is 21.0. The van der Waals surface area contributed by atoms with Crippen LogP contribution < -0.4 is 0 Å². The molecule has 0 unspecified atom stereocenters. The van der Waals surface area contributed by atoms with Crippen LogP contribution in [0.4, 0.5) is 0 Å². The molecule has 2 N–H and O–H groups in total. The van der Waals surface area contributed by atoms with Crippen molar-refractivity contribution in [2.75, 3.05) is 19.8 Å². The summed E-state index contributed by atoms with van der Waals surface area (Å²) in [6.07, 6.45) is -13.1. The van der Waals surface area contributed by atoms with Gasteiger partial charge in [0.1, 0.15) is 18.8 Å². The van der Waals surface area contributed by atoms with Crippen molar-refractivity contribution in [2.24, 2.45) is 35.5 Å². The second-order valence-electron chi connectivity index (χ2n) is 15.0. The fraction of sp³-hybridized carbons (Fsp3) is 0.833. The summed E-state index contributed by atoms with van der Waals surface area (Å²) in [4.78, 5) is 78.4. The third-order valence-corrected chi connectivity index (χ3v) is 8.21. The number of esters is 6. The lowest BCUT2D eigenvalue weighted by atomic mass is 9.97. The van der Waals surface area contributed by atoms with Crippen molar-refractivity contribution in [1.82, 2.24) is 0 Å². The predicted molar refractivity (Wildman–Crippen MR) is 181 cm³/mol. The van der Waals surface area contributed by atoms with E-state index in [4.69, 9.17) is 42.6 Å². The van der Waals surface area contributed by atoms with Gasteiger partial charge in [0.15, 0.2) is 30.5 Å². The van der Waals surface area contributed by atoms with E-state index in [1.54, 1.807) is 41.5 Å². The topological polar surface area (TPSA) is 226 Å². The molecule has 2 rings (SSSR count). The van der Waals surface area contributed by atoms with Crippen LogP contribution in [-0.4, -0.2) is 121 Å². The molecule has 2 fully saturated rings. The molecular weight excluding hydrogens is 704 g/mol. The molecular formula is C36H58O17. The second-order valence-corrected chi connectivity index (χ2v) is 15.0. The van der Waals surface area contributed by atoms with E-state index >= 15 is 0 Å². The standard InChI is InChI=1S/C36H58O17/c1-16(2)29(39)45-15-36(28(51-34(44)21(11)12)25(23(14-38)52-36)48-31(41)18(5)6)53-35-27(50-33(43)20(9)10)26(49-32(42)19(7)8)24(22(13-37)46-35)47-30(40)17(3)4/h16-28,35,37-38H,13-15H2,1-12H3/t22-,23-,24-,25-,26+,27-,28+,35-,36+/m1/s1. The maximum Gasteiger partial charge on any atom is 0.308 e. The smallest absolute Gasteiger partial charge is 0.308 e. The summed E-state index contributed by atoms with van der Waals surface area (Å²) >= 11 is 0. The highest BCUT2D eigenvalue weighted by atomic mass is 16.8. The highest BCUT2D eigenvalue weighted by Crippen LogP contribution is 2.42. The zero-order valence-electron chi connectivity index (χ0n) is 32.7. The summed E-state index contributed by atoms with van der Waals surface area (Å²) < 4.78 is 53.2. The number of rotatable bonds is 17. The maximum atomic E-state index is 13.2. The molecule has 2 heterocycles. The number of hydrogen-bond donors (Lipinski definition) is 2. The molecule has 2 aliphatic heterocycles. The largest absolute Gasteiger partial charge is 0.460 e. The van der Waals surface area contributed by atoms with Gasteiger partial charge in [-0.1, -0.05) is 83.1 Å². The van der Waals surface area contributed by atoms with Crippen LogP contribution in [0.5, 0.6) is 0 Å². The lowest BCUT2D eigenvalue weighted by Gasteiger charge is -2.47. The molecule has 304 valence electrons. The molecule has 0 aromatic rings. The Morgan fingerprint density at radius 3 is 1.30 bits per heavy atom. The van der Waals surface area contributed by atoms with Crippen LogP contribution in [-0.2, 0) is 71.4 Å². The second kappa shape index (κ2) is 19.8. The van der Waals surface area contributed by atoms with Crippen molar-refractivity contribution >= 4 is 35.8 Å². The summed E-state index contributed by atoms with van der Waals surface area (Å²) in [5.41, 5.74) is 0. The molecule has 17 heteroatoms. The highest BCUT2D eigenvalue weighted by Gasteiger charge is 2.65. The van der Waals surface area contributed by atoms with Crippen LogP contribution in [0.3, 0.4) is 0 Å². The van der Waals surface area contributed by atoms with Crippen LogP contribution in [0.2, 0.25) is 0 Å². The van der Waals surface area contributed by atoms with Crippen LogP contribution in [0.1, 0.15) is 83.1 Å². The maximum absolute atomic E-state index is 13.2. The predicted octanol–water partition coefficient (Wildman–Crippen LogP) is 1.85. The molecule has 0 bridgehead atoms. The van der Waals surface area contributed by atoms with Crippen molar-refractivity contribution in [2.45, 2.75) is 138 Å². The van der Waals surface area contributed by atoms with Gasteiger partial charge in [-0.05, 0) is 0 Å². The fourth-order valence-electron chi connectivity index (χ4n) is 4.92. The Bertz CT molecular complexity index is 1280. The zero-order chi connectivity index (χ0) is 40.5. The Morgan fingerprint density at radius 2 is 0.887 bits per heavy atom. The van der Waals surface area contributed by atoms with Crippen molar-refractivity contribution in [3.05, 3.63) is 0 Å². The van der Waals surface area contributed by atoms with E-state index in [-0.39, 0.29) is 0 Å². The van der Waals surface area contributed by atoms with E-state index in [9.17, 15) is 39.0 Å². The first kappa shape index (κ1) is 45.8. The Balaban J connectivity index is 2.90. The van der Waals surface area contributed by atoms with E-state index in [2.05, 4.69) is 0 Å². The number of hydrogen-bond acceptors (Lipinski definition) is 17. The van der Waals surface area contributed by atoms with E-state index in [1.165, 1.54) is 41.5 Å². The first-order valence-electron chi connectivity index (χ1n) is 18.0. The van der Waals surface area contributed by atoms with Gasteiger partial charge in [0.25, 0.3) is 0 Å². The number of aliphatic hydroxyl groups excluding tert-OH is 2. The van der Waals surface area contributed by atoms with Crippen LogP contribution in [0.25, 0.3) is 0 Å². The number of aliphatic hydroxyl groups is 2. The first-order chi connectivity index (χ1) is 24.6. The SMILES string of the molecule is CC(C)C(=O)OC[C@@]1(O[C@H]2O[C@H](CO)[C@@H](OC(=O)C(C)C)[C@H](OC(=O)C(C)C)[C@H]2OC(=O)C(C)C)O[C@H](CO)[C@@H](OC(=O)C(C)C)[C@@H]1OC(=O)C(C)C. The van der Waals surface area contributed by atoms with Crippen molar-refractivity contribution in [3.63, 3.8) is 0 Å². The minimum absolute atomic E-state index is 0.672. The molecule has 17 nitrogen and oxygen atoms in total. The lowest BCUT2D eigenvalue weighted by molar-refractivity contribution is -0.385. The Morgan fingerprint density at radius 1 is 0.509 bits per heavy atom. The number of ether oxygens (including phenoxy) is 9. The van der Waals surface area contributed by atoms with Crippen molar-refractivity contribution in [1.29, 1.82) is 0 Å². The third kappa shape index (κ3) is 11.8. The van der Waals surface area contributed by atoms with Gasteiger partial charge in [0.05, 0.1) is 48.7 Å². The molecule has 0 aromatic heterocycles. The Kier molecular flexibility index (Phi) is 17.1. The van der Waals surface area contributed by atoms with Gasteiger partial charge in [-0.2, -0.15) is 0 Å². The fourth-order valence-corrected chi connectivity index (χ4v) is 4.92. The lowest BCUT2D eigenvalue weighted by Crippen LogP contribution is -2.66. The summed E-state index contributed by atoms with van der Waals surface area (Å²) in [6, 6.07) is 0. The van der Waals surface area contributed by atoms with Gasteiger partial charge in [-0.15, -0.1) is 0 Å². The first-order valence-corrected chi connectivity index (χ1v) is 18.0. The molecule has 0 amide bonds. The minimum atomic E-state index is -2.47. The zero-order valence-corrected chi connectivity index (χ0v) is 32.7. The van der Waals surface area contributed by atoms with Crippen molar-refractivity contribution < 1.29 is 81.6 Å². The minimum Gasteiger partial charge on any atom is -0.460 e. The van der Waals surface area contributed by atoms with Gasteiger partial charge in [0, 0.05) is 0 Å². The van der Waals surface area contributed by atoms with Gasteiger partial charge in [0.2, 0.25) is 12.1 Å². The van der Waals surface area contributed by atoms with Gasteiger partial charge >= 0.3 is 35.8 Å². The van der Waals surface area contributed by atoms with E-state index in [0.29, 0.717) is 0 Å². The number of carbonyl (C=O) groups excluding carboxylic acids is 6. The van der Waals surface area contributed by atoms with Crippen LogP contribution >= 0.6 is 0 Å². The summed E-state index contributed by atoms with van der Waals surface area (Å²) in [5.74, 6) is -11.5. The molecule has 9 atom stereocenters. The average molecular weight is 763 g/mol. The third-order valence-electron chi connectivity index (χ3n) is 8.21. The van der Waals surface area contributed by atoms with E-state index in [0.717, 1.165) is 0 Å². The molecule has 2 saturated heterocycles. The molecule has 2 aliphatic rings. The van der Waals surface area contributed by atoms with Gasteiger partial charge in [-0.25, -0.2) is 0 Å². The average Bonchev–Trinajstić information content (AvgIpc) is 3.36. The summed E-state index contributed by atoms with van der Waals surface area (Å²) in [7, 11) is 0. The van der Waals surface area contributed by atoms with Crippen LogP contribution in [0, 0.1) is 35.5 Å². The molecule has 0 aliphatic carbocycles. The molecule has 0 spiro atoms. The monoisotopic (exact) mass is 762 g/mol. The molecule has 0 aromatic carbocycles. The Labute approximate surface area is 310 Å². The molecule has 53 heavy (non-hydrogen) atoms. The molecule has 0 saturated carbocycles. The van der Waals surface area contributed by atoms with Gasteiger partial charge in [-0.3, -0.25) is 28.8 Å². The highest BCUT2D eigenvalue weighted by molar-refractivity contribution is 5.75. The van der Waals surface area contributed by atoms with Crippen LogP contribution in [0.15, 0.2) is 0 Å². The molecule has 0 radical (unpaired) electrons. The van der Waals surface area contributed by atoms with Gasteiger partial charge < -0.3 is 52.8 Å². The van der Waals surface area contributed by atoms with Crippen molar-refractivity contribution in [3.8, 4) is 0 Å². The summed E-state index contributed by atoms with van der Waals surface area (Å²) in [6.45, 7) is 16.0.